The van der Waals surface area contributed by atoms with Gasteiger partial charge in [-0.2, -0.15) is 0 Å². The predicted octanol–water partition coefficient (Wildman–Crippen LogP) is 1.13. The largest absolute Gasteiger partial charge is 0.492 e. The van der Waals surface area contributed by atoms with Crippen molar-refractivity contribution < 1.29 is 29.0 Å². The number of hydrogen-bond acceptors (Lipinski definition) is 7. The van der Waals surface area contributed by atoms with Crippen LogP contribution in [0.1, 0.15) is 41.0 Å². The minimum atomic E-state index is -0.919. The summed E-state index contributed by atoms with van der Waals surface area (Å²) in [4.78, 5) is 53.1. The number of rotatable bonds is 10. The second-order valence-corrected chi connectivity index (χ2v) is 5.83. The van der Waals surface area contributed by atoms with Crippen LogP contribution in [0.15, 0.2) is 18.2 Å². The number of nitrogens with zero attached hydrogens (tertiary/aromatic N) is 3. The number of ether oxygens (including phenoxy) is 1. The Morgan fingerprint density at radius 1 is 1.22 bits per heavy atom. The Kier molecular flexibility index (Phi) is 6.69. The van der Waals surface area contributed by atoms with E-state index < -0.39 is 16.9 Å². The first-order chi connectivity index (χ1) is 12.8. The zero-order valence-electron chi connectivity index (χ0n) is 15.2. The van der Waals surface area contributed by atoms with Crippen LogP contribution in [0.25, 0.3) is 0 Å². The molecule has 0 bridgehead atoms. The first-order valence-electron chi connectivity index (χ1n) is 8.51. The molecular formula is C17H21N3O7. The van der Waals surface area contributed by atoms with Gasteiger partial charge in [0.05, 0.1) is 24.3 Å². The second-order valence-electron chi connectivity index (χ2n) is 5.83. The summed E-state index contributed by atoms with van der Waals surface area (Å²) in [6.07, 6.45) is 0.160. The predicted molar refractivity (Wildman–Crippen MR) is 92.8 cm³/mol. The molecule has 1 heterocycles. The second kappa shape index (κ2) is 8.97. The van der Waals surface area contributed by atoms with Crippen molar-refractivity contribution in [2.75, 3.05) is 32.8 Å². The third-order valence-corrected chi connectivity index (χ3v) is 4.12. The summed E-state index contributed by atoms with van der Waals surface area (Å²) in [5.41, 5.74) is 0.494. The van der Waals surface area contributed by atoms with E-state index in [2.05, 4.69) is 4.84 Å². The van der Waals surface area contributed by atoms with E-state index in [4.69, 9.17) is 4.74 Å². The van der Waals surface area contributed by atoms with Crippen molar-refractivity contribution >= 4 is 17.7 Å². The molecule has 0 radical (unpaired) electrons. The van der Waals surface area contributed by atoms with E-state index in [-0.39, 0.29) is 43.2 Å². The number of carbonyl (C=O) groups excluding carboxylic acids is 3. The Morgan fingerprint density at radius 3 is 2.56 bits per heavy atom. The normalized spacial score (nSPS) is 12.7. The van der Waals surface area contributed by atoms with Crippen molar-refractivity contribution in [1.29, 1.82) is 0 Å². The van der Waals surface area contributed by atoms with Crippen molar-refractivity contribution in [2.45, 2.75) is 20.3 Å². The van der Waals surface area contributed by atoms with Crippen molar-refractivity contribution in [3.8, 4) is 5.75 Å². The Morgan fingerprint density at radius 2 is 1.93 bits per heavy atom. The van der Waals surface area contributed by atoms with E-state index in [1.807, 2.05) is 6.92 Å². The smallest absolute Gasteiger partial charge is 0.294 e. The van der Waals surface area contributed by atoms with E-state index in [0.717, 1.165) is 4.90 Å². The number of imide groups is 1. The highest BCUT2D eigenvalue weighted by Gasteiger charge is 2.35. The summed E-state index contributed by atoms with van der Waals surface area (Å²) >= 11 is 0. The molecule has 3 amide bonds. The van der Waals surface area contributed by atoms with Crippen LogP contribution in [-0.2, 0) is 9.63 Å². The lowest BCUT2D eigenvalue weighted by Gasteiger charge is -2.18. The molecule has 0 aromatic heterocycles. The van der Waals surface area contributed by atoms with Gasteiger partial charge < -0.3 is 14.5 Å². The summed E-state index contributed by atoms with van der Waals surface area (Å²) < 4.78 is 5.59. The van der Waals surface area contributed by atoms with Gasteiger partial charge in [-0.3, -0.25) is 19.3 Å². The van der Waals surface area contributed by atoms with Crippen LogP contribution in [0.3, 0.4) is 0 Å². The summed E-state index contributed by atoms with van der Waals surface area (Å²) in [7, 11) is 0. The van der Waals surface area contributed by atoms with Crippen LogP contribution < -0.4 is 4.74 Å². The number of hydrogen-bond donors (Lipinski definition) is 0. The fourth-order valence-corrected chi connectivity index (χ4v) is 2.74. The Balaban J connectivity index is 1.96. The molecule has 0 fully saturated rings. The number of amides is 3. The molecule has 27 heavy (non-hydrogen) atoms. The van der Waals surface area contributed by atoms with Gasteiger partial charge in [0.1, 0.15) is 12.4 Å². The molecule has 10 heteroatoms. The summed E-state index contributed by atoms with van der Waals surface area (Å²) in [5, 5.41) is 9.21. The van der Waals surface area contributed by atoms with E-state index >= 15 is 0 Å². The Bertz CT molecular complexity index is 750. The molecule has 10 nitrogen and oxygen atoms in total. The van der Waals surface area contributed by atoms with E-state index in [1.165, 1.54) is 19.1 Å². The van der Waals surface area contributed by atoms with E-state index in [0.29, 0.717) is 18.8 Å². The quantitative estimate of drug-likeness (QED) is 0.259. The lowest BCUT2D eigenvalue weighted by atomic mass is 10.1. The summed E-state index contributed by atoms with van der Waals surface area (Å²) in [6, 6.07) is 4.60. The zero-order chi connectivity index (χ0) is 20.0. The molecule has 146 valence electrons. The number of likely N-dealkylation sites (N-methyl/N-ethyl adjacent to an activating group) is 1. The third-order valence-electron chi connectivity index (χ3n) is 4.12. The maximum absolute atomic E-state index is 12.4. The van der Waals surface area contributed by atoms with Gasteiger partial charge in [0.2, 0.25) is 5.91 Å². The van der Waals surface area contributed by atoms with Gasteiger partial charge in [-0.05, 0) is 31.5 Å². The van der Waals surface area contributed by atoms with Gasteiger partial charge in [-0.1, -0.05) is 0 Å². The first kappa shape index (κ1) is 20.1. The molecule has 1 aliphatic rings. The monoisotopic (exact) mass is 379 g/mol. The standard InChI is InChI=1S/C17H21N3O7/c1-3-18(12(2)21)8-10-26-13-5-6-14-15(11-13)17(23)19(16(14)22)7-4-9-27-20(24)25/h5-6,11H,3-4,7-10H2,1-2H3. The molecule has 0 unspecified atom stereocenters. The molecule has 2 rings (SSSR count). The minimum absolute atomic E-state index is 0.0282. The fraction of sp³-hybridized carbons (Fsp3) is 0.471. The van der Waals surface area contributed by atoms with Crippen LogP contribution in [0, 0.1) is 10.1 Å². The van der Waals surface area contributed by atoms with E-state index in [9.17, 15) is 24.5 Å². The highest BCUT2D eigenvalue weighted by atomic mass is 16.9. The topological polar surface area (TPSA) is 119 Å². The maximum Gasteiger partial charge on any atom is 0.294 e. The average molecular weight is 379 g/mol. The van der Waals surface area contributed by atoms with Crippen LogP contribution >= 0.6 is 0 Å². The van der Waals surface area contributed by atoms with Crippen LogP contribution in [0.4, 0.5) is 0 Å². The molecular weight excluding hydrogens is 358 g/mol. The Labute approximate surface area is 155 Å². The Hall–Kier alpha value is -3.17. The molecule has 0 aliphatic carbocycles. The molecule has 1 aromatic carbocycles. The number of carbonyl (C=O) groups is 3. The van der Waals surface area contributed by atoms with Crippen molar-refractivity contribution in [1.82, 2.24) is 9.80 Å². The molecule has 0 N–H and O–H groups in total. The summed E-state index contributed by atoms with van der Waals surface area (Å²) in [6.45, 7) is 4.43. The maximum atomic E-state index is 12.4. The van der Waals surface area contributed by atoms with Crippen molar-refractivity contribution in [3.63, 3.8) is 0 Å². The van der Waals surface area contributed by atoms with Crippen molar-refractivity contribution in [2.24, 2.45) is 0 Å². The minimum Gasteiger partial charge on any atom is -0.492 e. The molecule has 0 saturated heterocycles. The van der Waals surface area contributed by atoms with Gasteiger partial charge in [0.15, 0.2) is 0 Å². The highest BCUT2D eigenvalue weighted by Crippen LogP contribution is 2.27. The van der Waals surface area contributed by atoms with Gasteiger partial charge in [0.25, 0.3) is 16.9 Å². The van der Waals surface area contributed by atoms with Gasteiger partial charge in [0, 0.05) is 20.0 Å². The van der Waals surface area contributed by atoms with Gasteiger partial charge >= 0.3 is 0 Å². The molecule has 0 spiro atoms. The first-order valence-corrected chi connectivity index (χ1v) is 8.51. The zero-order valence-corrected chi connectivity index (χ0v) is 15.2. The highest BCUT2D eigenvalue weighted by molar-refractivity contribution is 6.21. The van der Waals surface area contributed by atoms with Crippen LogP contribution in [-0.4, -0.2) is 65.5 Å². The van der Waals surface area contributed by atoms with Gasteiger partial charge in [-0.25, -0.2) is 0 Å². The van der Waals surface area contributed by atoms with Crippen LogP contribution in [0.2, 0.25) is 0 Å². The summed E-state index contributed by atoms with van der Waals surface area (Å²) in [5.74, 6) is -0.544. The van der Waals surface area contributed by atoms with Gasteiger partial charge in [-0.15, -0.1) is 10.1 Å². The van der Waals surface area contributed by atoms with E-state index in [1.54, 1.807) is 11.0 Å². The lowest BCUT2D eigenvalue weighted by molar-refractivity contribution is -0.757. The fourth-order valence-electron chi connectivity index (χ4n) is 2.74. The molecule has 0 atom stereocenters. The van der Waals surface area contributed by atoms with Crippen LogP contribution in [0.5, 0.6) is 5.75 Å². The average Bonchev–Trinajstić information content (AvgIpc) is 2.86. The molecule has 0 saturated carbocycles. The molecule has 1 aromatic rings. The lowest BCUT2D eigenvalue weighted by Crippen LogP contribution is -2.32. The number of benzene rings is 1. The third kappa shape index (κ3) is 4.93. The molecule has 1 aliphatic heterocycles. The van der Waals surface area contributed by atoms with Crippen molar-refractivity contribution in [3.05, 3.63) is 39.4 Å². The number of fused-ring (bicyclic) bond motifs is 1. The SMILES string of the molecule is CCN(CCOc1ccc2c(c1)C(=O)N(CCCO[N+](=O)[O-])C2=O)C(C)=O.